The SMILES string of the molecule is CN(C1CCN1C1=CC(=O)c2nc(C(=O)N3CCCC3)sc2C1=O)C1CCN1C1=CC(=O)c2nc(C(=O)N3CCCC3)sc2C1=O. The lowest BCUT2D eigenvalue weighted by Crippen LogP contribution is -2.66. The Morgan fingerprint density at radius 3 is 1.41 bits per heavy atom. The first-order valence-corrected chi connectivity index (χ1v) is 17.3. The van der Waals surface area contributed by atoms with Gasteiger partial charge in [-0.1, -0.05) is 0 Å². The summed E-state index contributed by atoms with van der Waals surface area (Å²) >= 11 is 1.97. The molecule has 2 aromatic rings. The normalized spacial score (nSPS) is 24.2. The number of likely N-dealkylation sites (tertiary alicyclic amines) is 4. The number of rotatable bonds is 6. The highest BCUT2D eigenvalue weighted by Crippen LogP contribution is 2.39. The molecule has 4 aliphatic heterocycles. The van der Waals surface area contributed by atoms with Gasteiger partial charge in [-0.05, 0) is 45.6 Å². The quantitative estimate of drug-likeness (QED) is 0.450. The Bertz CT molecular complexity index is 1670. The van der Waals surface area contributed by atoms with Crippen LogP contribution in [0, 0.1) is 0 Å². The van der Waals surface area contributed by atoms with Crippen LogP contribution in [0.4, 0.5) is 0 Å². The van der Waals surface area contributed by atoms with Gasteiger partial charge in [0.2, 0.25) is 23.1 Å². The van der Waals surface area contributed by atoms with E-state index in [1.807, 2.05) is 16.8 Å². The fourth-order valence-electron chi connectivity index (χ4n) is 7.11. The number of carbonyl (C=O) groups excluding carboxylic acids is 6. The summed E-state index contributed by atoms with van der Waals surface area (Å²) < 4.78 is 0. The van der Waals surface area contributed by atoms with E-state index < -0.39 is 0 Å². The van der Waals surface area contributed by atoms with Crippen molar-refractivity contribution in [2.24, 2.45) is 0 Å². The van der Waals surface area contributed by atoms with Crippen LogP contribution in [0.25, 0.3) is 0 Å². The van der Waals surface area contributed by atoms with Crippen molar-refractivity contribution in [3.8, 4) is 0 Å². The number of hydrogen-bond acceptors (Lipinski definition) is 13. The average molecular weight is 662 g/mol. The largest absolute Gasteiger partial charge is 0.352 e. The van der Waals surface area contributed by atoms with E-state index >= 15 is 0 Å². The smallest absolute Gasteiger partial charge is 0.282 e. The van der Waals surface area contributed by atoms with E-state index in [0.717, 1.165) is 61.2 Å². The van der Waals surface area contributed by atoms with E-state index in [2.05, 4.69) is 14.9 Å². The van der Waals surface area contributed by atoms with Gasteiger partial charge in [-0.15, -0.1) is 22.7 Å². The van der Waals surface area contributed by atoms with Crippen LogP contribution in [0.15, 0.2) is 23.5 Å². The Labute approximate surface area is 272 Å². The average Bonchev–Trinajstić information content (AvgIpc) is 3.83. The number of nitrogens with zero attached hydrogens (tertiary/aromatic N) is 7. The Hall–Kier alpha value is -4.08. The lowest BCUT2D eigenvalue weighted by molar-refractivity contribution is -0.0902. The van der Waals surface area contributed by atoms with Crippen LogP contribution in [0.3, 0.4) is 0 Å². The van der Waals surface area contributed by atoms with Crippen molar-refractivity contribution in [3.63, 3.8) is 0 Å². The minimum Gasteiger partial charge on any atom is -0.352 e. The summed E-state index contributed by atoms with van der Waals surface area (Å²) in [7, 11) is 1.91. The molecule has 8 rings (SSSR count). The van der Waals surface area contributed by atoms with Gasteiger partial charge in [0.05, 0.1) is 23.7 Å². The van der Waals surface area contributed by atoms with E-state index in [1.54, 1.807) is 9.80 Å². The molecule has 0 saturated carbocycles. The van der Waals surface area contributed by atoms with Gasteiger partial charge in [-0.3, -0.25) is 33.7 Å². The zero-order chi connectivity index (χ0) is 31.9. The maximum Gasteiger partial charge on any atom is 0.282 e. The maximum atomic E-state index is 13.6. The van der Waals surface area contributed by atoms with Crippen LogP contribution in [-0.2, 0) is 0 Å². The molecular formula is C31H31N7O6S2. The summed E-state index contributed by atoms with van der Waals surface area (Å²) in [6, 6.07) is 0. The van der Waals surface area contributed by atoms with Crippen molar-refractivity contribution in [2.75, 3.05) is 46.3 Å². The number of carbonyl (C=O) groups is 6. The van der Waals surface area contributed by atoms with Gasteiger partial charge in [0.25, 0.3) is 11.8 Å². The van der Waals surface area contributed by atoms with Crippen LogP contribution >= 0.6 is 22.7 Å². The summed E-state index contributed by atoms with van der Waals surface area (Å²) in [6.45, 7) is 3.73. The number of hydrogen-bond donors (Lipinski definition) is 0. The van der Waals surface area contributed by atoms with Crippen molar-refractivity contribution in [2.45, 2.75) is 50.9 Å². The first kappa shape index (κ1) is 29.3. The number of fused-ring (bicyclic) bond motifs is 2. The molecule has 0 N–H and O–H groups in total. The number of aromatic nitrogens is 2. The molecule has 6 heterocycles. The predicted molar refractivity (Wildman–Crippen MR) is 166 cm³/mol. The van der Waals surface area contributed by atoms with Gasteiger partial charge >= 0.3 is 0 Å². The molecule has 2 atom stereocenters. The van der Waals surface area contributed by atoms with Crippen LogP contribution < -0.4 is 0 Å². The van der Waals surface area contributed by atoms with Gasteiger partial charge < -0.3 is 19.6 Å². The Morgan fingerprint density at radius 1 is 0.674 bits per heavy atom. The minimum atomic E-state index is -0.390. The molecule has 2 aliphatic carbocycles. The molecule has 2 aromatic heterocycles. The van der Waals surface area contributed by atoms with E-state index in [1.165, 1.54) is 12.2 Å². The monoisotopic (exact) mass is 661 g/mol. The van der Waals surface area contributed by atoms with E-state index in [0.29, 0.717) is 39.3 Å². The topological polar surface area (TPSA) is 144 Å². The molecule has 0 radical (unpaired) electrons. The van der Waals surface area contributed by atoms with Crippen LogP contribution in [0.2, 0.25) is 0 Å². The van der Waals surface area contributed by atoms with Crippen molar-refractivity contribution in [1.29, 1.82) is 0 Å². The number of ketones is 4. The molecule has 4 fully saturated rings. The molecule has 15 heteroatoms. The summed E-state index contributed by atoms with van der Waals surface area (Å²) in [5.74, 6) is -1.89. The summed E-state index contributed by atoms with van der Waals surface area (Å²) in [4.78, 5) is 97.6. The summed E-state index contributed by atoms with van der Waals surface area (Å²) in [5.41, 5.74) is 0.639. The number of thiazole rings is 2. The minimum absolute atomic E-state index is 0.0389. The predicted octanol–water partition coefficient (Wildman–Crippen LogP) is 2.29. The second-order valence-corrected chi connectivity index (χ2v) is 14.4. The van der Waals surface area contributed by atoms with E-state index in [9.17, 15) is 28.8 Å². The van der Waals surface area contributed by atoms with Gasteiger partial charge in [-0.2, -0.15) is 0 Å². The Kier molecular flexibility index (Phi) is 7.03. The van der Waals surface area contributed by atoms with Crippen LogP contribution in [-0.4, -0.2) is 128 Å². The molecule has 6 aliphatic rings. The molecule has 2 unspecified atom stereocenters. The number of allylic oxidation sites excluding steroid dienone is 4. The Morgan fingerprint density at radius 2 is 1.07 bits per heavy atom. The van der Waals surface area contributed by atoms with Gasteiger partial charge in [0, 0.05) is 51.4 Å². The molecule has 0 bridgehead atoms. The van der Waals surface area contributed by atoms with E-state index in [4.69, 9.17) is 0 Å². The molecule has 2 amide bonds. The number of amides is 2. The highest BCUT2D eigenvalue weighted by Gasteiger charge is 2.47. The first-order chi connectivity index (χ1) is 22.2. The fraction of sp³-hybridized carbons (Fsp3) is 0.484. The third-order valence-corrected chi connectivity index (χ3v) is 11.9. The van der Waals surface area contributed by atoms with Gasteiger partial charge in [0.15, 0.2) is 10.0 Å². The van der Waals surface area contributed by atoms with Gasteiger partial charge in [-0.25, -0.2) is 9.97 Å². The summed E-state index contributed by atoms with van der Waals surface area (Å²) in [5, 5.41) is 0.337. The molecular weight excluding hydrogens is 631 g/mol. The van der Waals surface area contributed by atoms with Crippen molar-refractivity contribution >= 4 is 57.6 Å². The fourth-order valence-corrected chi connectivity index (χ4v) is 9.08. The molecule has 13 nitrogen and oxygen atoms in total. The molecule has 4 saturated heterocycles. The lowest BCUT2D eigenvalue weighted by Gasteiger charge is -2.56. The highest BCUT2D eigenvalue weighted by atomic mass is 32.1. The molecule has 238 valence electrons. The second-order valence-electron chi connectivity index (χ2n) is 12.4. The highest BCUT2D eigenvalue weighted by molar-refractivity contribution is 7.16. The Balaban J connectivity index is 0.975. The van der Waals surface area contributed by atoms with Crippen molar-refractivity contribution in [3.05, 3.63) is 54.7 Å². The first-order valence-electron chi connectivity index (χ1n) is 15.7. The van der Waals surface area contributed by atoms with E-state index in [-0.39, 0.29) is 89.8 Å². The number of Topliss-reactive ketones (excluding diaryl/α,β-unsaturated/α-hetero) is 2. The van der Waals surface area contributed by atoms with Crippen LogP contribution in [0.1, 0.15) is 98.4 Å². The molecule has 0 aromatic carbocycles. The zero-order valence-electron chi connectivity index (χ0n) is 25.2. The summed E-state index contributed by atoms with van der Waals surface area (Å²) in [6.07, 6.45) is 7.41. The van der Waals surface area contributed by atoms with Crippen molar-refractivity contribution < 1.29 is 28.8 Å². The van der Waals surface area contributed by atoms with Gasteiger partial charge in [0.1, 0.15) is 21.1 Å². The maximum absolute atomic E-state index is 13.6. The molecule has 46 heavy (non-hydrogen) atoms. The van der Waals surface area contributed by atoms with Crippen LogP contribution in [0.5, 0.6) is 0 Å². The standard InChI is InChI=1S/C31H31N7O6S2/c1-34(20-6-12-37(20)16-14-18(39)22-26(24(16)41)45-28(32-22)30(43)35-8-2-3-9-35)21-7-13-38(21)17-15-19(40)23-27(25(17)42)46-29(33-23)31(44)36-10-4-5-11-36/h14-15,20-21H,2-13H2,1H3. The van der Waals surface area contributed by atoms with Crippen molar-refractivity contribution in [1.82, 2.24) is 34.5 Å². The third kappa shape index (κ3) is 4.50. The third-order valence-electron chi connectivity index (χ3n) is 9.82. The lowest BCUT2D eigenvalue weighted by atomic mass is 9.96. The zero-order valence-corrected chi connectivity index (χ0v) is 26.8. The second kappa shape index (κ2) is 11.0. The molecule has 0 spiro atoms.